The summed E-state index contributed by atoms with van der Waals surface area (Å²) in [5, 5.41) is 2.95. The topological polar surface area (TPSA) is 57.7 Å². The van der Waals surface area contributed by atoms with Gasteiger partial charge in [0.15, 0.2) is 0 Å². The molecule has 1 aromatic heterocycles. The van der Waals surface area contributed by atoms with Gasteiger partial charge in [-0.2, -0.15) is 0 Å². The minimum Gasteiger partial charge on any atom is -0.492 e. The molecule has 1 amide bonds. The standard InChI is InChI=1S/C19H24N4O2/c1-2-25-17-8-4-3-7-16(17)21-19(24)15-22-11-13-23(14-12-22)18-9-5-6-10-20-18/h3-10H,2,11-15H2,1H3,(H,21,24). The molecule has 0 unspecified atom stereocenters. The maximum absolute atomic E-state index is 12.4. The monoisotopic (exact) mass is 340 g/mol. The molecule has 0 aliphatic carbocycles. The highest BCUT2D eigenvalue weighted by atomic mass is 16.5. The molecule has 0 spiro atoms. The maximum atomic E-state index is 12.4. The third kappa shape index (κ3) is 4.70. The van der Waals surface area contributed by atoms with Crippen molar-refractivity contribution in [1.29, 1.82) is 0 Å². The van der Waals surface area contributed by atoms with Crippen molar-refractivity contribution in [3.8, 4) is 5.75 Å². The predicted molar refractivity (Wildman–Crippen MR) is 99.1 cm³/mol. The lowest BCUT2D eigenvalue weighted by Crippen LogP contribution is -2.48. The highest BCUT2D eigenvalue weighted by molar-refractivity contribution is 5.93. The van der Waals surface area contributed by atoms with Gasteiger partial charge in [0.05, 0.1) is 18.8 Å². The van der Waals surface area contributed by atoms with E-state index in [2.05, 4.69) is 20.1 Å². The van der Waals surface area contributed by atoms with E-state index in [9.17, 15) is 4.79 Å². The predicted octanol–water partition coefficient (Wildman–Crippen LogP) is 2.24. The molecule has 6 heteroatoms. The van der Waals surface area contributed by atoms with Crippen molar-refractivity contribution in [2.24, 2.45) is 0 Å². The molecule has 3 rings (SSSR count). The first-order chi connectivity index (χ1) is 12.3. The van der Waals surface area contributed by atoms with Gasteiger partial charge in [0.1, 0.15) is 11.6 Å². The van der Waals surface area contributed by atoms with Crippen LogP contribution in [0.4, 0.5) is 11.5 Å². The number of hydrogen-bond donors (Lipinski definition) is 1. The number of pyridine rings is 1. The van der Waals surface area contributed by atoms with E-state index in [0.29, 0.717) is 18.9 Å². The number of amides is 1. The Kier molecular flexibility index (Phi) is 5.85. The number of piperazine rings is 1. The second-order valence-electron chi connectivity index (χ2n) is 5.93. The molecule has 0 saturated carbocycles. The summed E-state index contributed by atoms with van der Waals surface area (Å²) >= 11 is 0. The minimum absolute atomic E-state index is 0.0153. The first-order valence-electron chi connectivity index (χ1n) is 8.66. The van der Waals surface area contributed by atoms with Crippen molar-refractivity contribution in [2.75, 3.05) is 49.5 Å². The van der Waals surface area contributed by atoms with Crippen molar-refractivity contribution in [3.05, 3.63) is 48.7 Å². The number of benzene rings is 1. The highest BCUT2D eigenvalue weighted by Gasteiger charge is 2.20. The summed E-state index contributed by atoms with van der Waals surface area (Å²) in [7, 11) is 0. The molecule has 6 nitrogen and oxygen atoms in total. The summed E-state index contributed by atoms with van der Waals surface area (Å²) in [6.07, 6.45) is 1.81. The lowest BCUT2D eigenvalue weighted by atomic mass is 10.2. The van der Waals surface area contributed by atoms with Crippen molar-refractivity contribution >= 4 is 17.4 Å². The van der Waals surface area contributed by atoms with E-state index in [4.69, 9.17) is 4.74 Å². The number of rotatable bonds is 6. The van der Waals surface area contributed by atoms with Crippen LogP contribution < -0.4 is 15.0 Å². The van der Waals surface area contributed by atoms with E-state index in [1.807, 2.05) is 55.6 Å². The SMILES string of the molecule is CCOc1ccccc1NC(=O)CN1CCN(c2ccccn2)CC1. The Morgan fingerprint density at radius 2 is 1.88 bits per heavy atom. The van der Waals surface area contributed by atoms with Gasteiger partial charge >= 0.3 is 0 Å². The number of hydrogen-bond acceptors (Lipinski definition) is 5. The van der Waals surface area contributed by atoms with E-state index in [1.54, 1.807) is 0 Å². The number of aromatic nitrogens is 1. The highest BCUT2D eigenvalue weighted by Crippen LogP contribution is 2.23. The molecule has 1 fully saturated rings. The van der Waals surface area contributed by atoms with Crippen molar-refractivity contribution in [2.45, 2.75) is 6.92 Å². The molecule has 0 radical (unpaired) electrons. The Morgan fingerprint density at radius 3 is 2.60 bits per heavy atom. The first-order valence-corrected chi connectivity index (χ1v) is 8.66. The molecule has 0 atom stereocenters. The van der Waals surface area contributed by atoms with Gasteiger partial charge in [0, 0.05) is 32.4 Å². The molecule has 1 saturated heterocycles. The van der Waals surface area contributed by atoms with Crippen LogP contribution in [0, 0.1) is 0 Å². The average molecular weight is 340 g/mol. The average Bonchev–Trinajstić information content (AvgIpc) is 2.65. The fraction of sp³-hybridized carbons (Fsp3) is 0.368. The minimum atomic E-state index is -0.0153. The molecule has 1 N–H and O–H groups in total. The van der Waals surface area contributed by atoms with Gasteiger partial charge < -0.3 is 15.0 Å². The normalized spacial score (nSPS) is 15.0. The van der Waals surface area contributed by atoms with Gasteiger partial charge in [0.2, 0.25) is 5.91 Å². The molecule has 2 aromatic rings. The van der Waals surface area contributed by atoms with Crippen LogP contribution in [-0.2, 0) is 4.79 Å². The summed E-state index contributed by atoms with van der Waals surface area (Å²) in [5.74, 6) is 1.69. The van der Waals surface area contributed by atoms with Crippen molar-refractivity contribution in [1.82, 2.24) is 9.88 Å². The molecular weight excluding hydrogens is 316 g/mol. The van der Waals surface area contributed by atoms with Crippen molar-refractivity contribution in [3.63, 3.8) is 0 Å². The number of nitrogens with one attached hydrogen (secondary N) is 1. The Morgan fingerprint density at radius 1 is 1.12 bits per heavy atom. The van der Waals surface area contributed by atoms with Gasteiger partial charge in [-0.3, -0.25) is 9.69 Å². The number of nitrogens with zero attached hydrogens (tertiary/aromatic N) is 3. The lowest BCUT2D eigenvalue weighted by molar-refractivity contribution is -0.117. The van der Waals surface area contributed by atoms with Gasteiger partial charge in [0.25, 0.3) is 0 Å². The quantitative estimate of drug-likeness (QED) is 0.874. The van der Waals surface area contributed by atoms with E-state index in [0.717, 1.165) is 37.7 Å². The number of anilines is 2. The fourth-order valence-electron chi connectivity index (χ4n) is 2.92. The second-order valence-corrected chi connectivity index (χ2v) is 5.93. The second kappa shape index (κ2) is 8.48. The van der Waals surface area contributed by atoms with E-state index >= 15 is 0 Å². The van der Waals surface area contributed by atoms with Gasteiger partial charge in [-0.05, 0) is 31.2 Å². The van der Waals surface area contributed by atoms with E-state index in [1.165, 1.54) is 0 Å². The third-order valence-electron chi connectivity index (χ3n) is 4.17. The van der Waals surface area contributed by atoms with Crippen LogP contribution in [0.5, 0.6) is 5.75 Å². The molecule has 2 heterocycles. The molecule has 1 aliphatic heterocycles. The molecule has 1 aromatic carbocycles. The van der Waals surface area contributed by atoms with Crippen LogP contribution >= 0.6 is 0 Å². The van der Waals surface area contributed by atoms with Gasteiger partial charge in [-0.25, -0.2) is 4.98 Å². The van der Waals surface area contributed by atoms with Crippen LogP contribution in [0.25, 0.3) is 0 Å². The zero-order valence-electron chi connectivity index (χ0n) is 14.5. The smallest absolute Gasteiger partial charge is 0.238 e. The number of ether oxygens (including phenoxy) is 1. The van der Waals surface area contributed by atoms with Crippen LogP contribution in [0.1, 0.15) is 6.92 Å². The first kappa shape index (κ1) is 17.2. The van der Waals surface area contributed by atoms with Crippen molar-refractivity contribution < 1.29 is 9.53 Å². The maximum Gasteiger partial charge on any atom is 0.238 e. The molecule has 132 valence electrons. The lowest BCUT2D eigenvalue weighted by Gasteiger charge is -2.34. The fourth-order valence-corrected chi connectivity index (χ4v) is 2.92. The Bertz CT molecular complexity index is 685. The zero-order chi connectivity index (χ0) is 17.5. The number of para-hydroxylation sites is 2. The summed E-state index contributed by atoms with van der Waals surface area (Å²) in [5.41, 5.74) is 0.724. The van der Waals surface area contributed by atoms with Crippen LogP contribution in [0.15, 0.2) is 48.7 Å². The number of carbonyl (C=O) groups excluding carboxylic acids is 1. The summed E-state index contributed by atoms with van der Waals surface area (Å²) in [4.78, 5) is 21.2. The Balaban J connectivity index is 1.50. The molecule has 25 heavy (non-hydrogen) atoms. The summed E-state index contributed by atoms with van der Waals surface area (Å²) in [6.45, 7) is 6.33. The van der Waals surface area contributed by atoms with Crippen LogP contribution in [-0.4, -0.2) is 55.1 Å². The molecular formula is C19H24N4O2. The van der Waals surface area contributed by atoms with Crippen LogP contribution in [0.3, 0.4) is 0 Å². The molecule has 1 aliphatic rings. The third-order valence-corrected chi connectivity index (χ3v) is 4.17. The Labute approximate surface area is 148 Å². The largest absolute Gasteiger partial charge is 0.492 e. The van der Waals surface area contributed by atoms with Crippen LogP contribution in [0.2, 0.25) is 0 Å². The van der Waals surface area contributed by atoms with Gasteiger partial charge in [-0.15, -0.1) is 0 Å². The van der Waals surface area contributed by atoms with E-state index in [-0.39, 0.29) is 5.91 Å². The summed E-state index contributed by atoms with van der Waals surface area (Å²) < 4.78 is 5.55. The number of carbonyl (C=O) groups is 1. The Hall–Kier alpha value is -2.60. The van der Waals surface area contributed by atoms with Gasteiger partial charge in [-0.1, -0.05) is 18.2 Å². The van der Waals surface area contributed by atoms with E-state index < -0.39 is 0 Å². The molecule has 0 bridgehead atoms. The summed E-state index contributed by atoms with van der Waals surface area (Å²) in [6, 6.07) is 13.5. The zero-order valence-corrected chi connectivity index (χ0v) is 14.5.